The molecule has 146 valence electrons. The number of amides is 2. The van der Waals surface area contributed by atoms with Gasteiger partial charge in [-0.25, -0.2) is 9.78 Å². The Morgan fingerprint density at radius 2 is 1.89 bits per heavy atom. The van der Waals surface area contributed by atoms with E-state index in [4.69, 9.17) is 4.74 Å². The first kappa shape index (κ1) is 19.4. The van der Waals surface area contributed by atoms with Gasteiger partial charge in [0.15, 0.2) is 0 Å². The Bertz CT molecular complexity index is 960. The van der Waals surface area contributed by atoms with Crippen molar-refractivity contribution in [2.45, 2.75) is 38.8 Å². The Morgan fingerprint density at radius 3 is 2.61 bits per heavy atom. The largest absolute Gasteiger partial charge is 0.444 e. The summed E-state index contributed by atoms with van der Waals surface area (Å²) in [5.74, 6) is -0.329. The molecule has 2 amide bonds. The summed E-state index contributed by atoms with van der Waals surface area (Å²) in [5, 5.41) is 5.53. The van der Waals surface area contributed by atoms with Crippen molar-refractivity contribution in [2.24, 2.45) is 0 Å². The number of benzene rings is 2. The van der Waals surface area contributed by atoms with E-state index < -0.39 is 17.7 Å². The molecule has 0 saturated carbocycles. The summed E-state index contributed by atoms with van der Waals surface area (Å²) in [6.07, 6.45) is 1.31. The summed E-state index contributed by atoms with van der Waals surface area (Å²) in [5.41, 5.74) is 2.52. The number of hydrogen-bond donors (Lipinski definition) is 3. The maximum absolute atomic E-state index is 12.9. The van der Waals surface area contributed by atoms with Crippen LogP contribution in [0, 0.1) is 0 Å². The number of ether oxygens (including phenoxy) is 1. The molecule has 0 saturated heterocycles. The molecule has 1 aromatic heterocycles. The maximum Gasteiger partial charge on any atom is 0.408 e. The van der Waals surface area contributed by atoms with Crippen LogP contribution in [0.2, 0.25) is 0 Å². The number of nitrogens with zero attached hydrogens (tertiary/aromatic N) is 1. The molecule has 28 heavy (non-hydrogen) atoms. The van der Waals surface area contributed by atoms with Crippen LogP contribution in [0.3, 0.4) is 0 Å². The van der Waals surface area contributed by atoms with Gasteiger partial charge in [-0.15, -0.1) is 0 Å². The van der Waals surface area contributed by atoms with Gasteiger partial charge in [-0.05, 0) is 44.5 Å². The Hall–Kier alpha value is -3.35. The number of alkyl carbamates (subject to hydrolysis) is 1. The smallest absolute Gasteiger partial charge is 0.408 e. The minimum atomic E-state index is -0.785. The van der Waals surface area contributed by atoms with Crippen LogP contribution in [0.1, 0.15) is 26.3 Å². The molecule has 0 bridgehead atoms. The van der Waals surface area contributed by atoms with Gasteiger partial charge in [0.2, 0.25) is 5.91 Å². The molecule has 0 aliphatic heterocycles. The Labute approximate surface area is 163 Å². The van der Waals surface area contributed by atoms with E-state index in [2.05, 4.69) is 20.6 Å². The number of anilines is 1. The van der Waals surface area contributed by atoms with Crippen molar-refractivity contribution < 1.29 is 14.3 Å². The number of rotatable bonds is 5. The molecule has 0 radical (unpaired) electrons. The summed E-state index contributed by atoms with van der Waals surface area (Å²) in [4.78, 5) is 32.3. The lowest BCUT2D eigenvalue weighted by Crippen LogP contribution is -2.47. The normalized spacial score (nSPS) is 12.4. The predicted octanol–water partition coefficient (Wildman–Crippen LogP) is 3.64. The van der Waals surface area contributed by atoms with E-state index in [1.54, 1.807) is 39.2 Å². The third-order valence-corrected chi connectivity index (χ3v) is 3.98. The minimum absolute atomic E-state index is 0.329. The molecular weight excluding hydrogens is 356 g/mol. The van der Waals surface area contributed by atoms with Gasteiger partial charge in [-0.1, -0.05) is 30.3 Å². The lowest BCUT2D eigenvalue weighted by molar-refractivity contribution is -0.118. The number of hydrogen-bond acceptors (Lipinski definition) is 4. The molecule has 1 atom stereocenters. The fraction of sp³-hybridized carbons (Fsp3) is 0.286. The Morgan fingerprint density at radius 1 is 1.14 bits per heavy atom. The second-order valence-electron chi connectivity index (χ2n) is 7.51. The summed E-state index contributed by atoms with van der Waals surface area (Å²) in [6, 6.07) is 14.1. The molecule has 3 aromatic rings. The van der Waals surface area contributed by atoms with Crippen LogP contribution in [0.25, 0.3) is 11.0 Å². The number of carbonyl (C=O) groups is 2. The van der Waals surface area contributed by atoms with Crippen molar-refractivity contribution >= 4 is 28.7 Å². The number of aromatic amines is 1. The zero-order chi connectivity index (χ0) is 20.1. The van der Waals surface area contributed by atoms with Crippen LogP contribution in [0.5, 0.6) is 0 Å². The van der Waals surface area contributed by atoms with Crippen molar-refractivity contribution in [1.29, 1.82) is 0 Å². The van der Waals surface area contributed by atoms with Gasteiger partial charge in [-0.3, -0.25) is 4.79 Å². The molecule has 7 heteroatoms. The van der Waals surface area contributed by atoms with Gasteiger partial charge in [0.1, 0.15) is 11.6 Å². The number of H-pyrrole nitrogens is 1. The van der Waals surface area contributed by atoms with Gasteiger partial charge in [0, 0.05) is 12.1 Å². The lowest BCUT2D eigenvalue weighted by atomic mass is 10.1. The number of aromatic nitrogens is 2. The van der Waals surface area contributed by atoms with Gasteiger partial charge in [-0.2, -0.15) is 0 Å². The van der Waals surface area contributed by atoms with Crippen molar-refractivity contribution in [3.8, 4) is 0 Å². The first-order valence-electron chi connectivity index (χ1n) is 9.07. The van der Waals surface area contributed by atoms with Gasteiger partial charge in [0.25, 0.3) is 0 Å². The summed E-state index contributed by atoms with van der Waals surface area (Å²) >= 11 is 0. The highest BCUT2D eigenvalue weighted by molar-refractivity contribution is 5.98. The van der Waals surface area contributed by atoms with Crippen molar-refractivity contribution in [2.75, 3.05) is 5.32 Å². The Kier molecular flexibility index (Phi) is 5.63. The highest BCUT2D eigenvalue weighted by Gasteiger charge is 2.25. The molecule has 1 heterocycles. The summed E-state index contributed by atoms with van der Waals surface area (Å²) in [6.45, 7) is 5.33. The molecule has 0 aliphatic rings. The number of imidazole rings is 1. The summed E-state index contributed by atoms with van der Waals surface area (Å²) < 4.78 is 5.31. The van der Waals surface area contributed by atoms with Gasteiger partial charge >= 0.3 is 6.09 Å². The molecule has 3 rings (SSSR count). The van der Waals surface area contributed by atoms with E-state index >= 15 is 0 Å². The second kappa shape index (κ2) is 8.12. The monoisotopic (exact) mass is 380 g/mol. The van der Waals surface area contributed by atoms with Crippen LogP contribution in [0.15, 0.2) is 54.9 Å². The molecule has 0 aliphatic carbocycles. The van der Waals surface area contributed by atoms with Crippen LogP contribution in [0.4, 0.5) is 10.5 Å². The van der Waals surface area contributed by atoms with Crippen LogP contribution in [-0.2, 0) is 16.0 Å². The maximum atomic E-state index is 12.9. The quantitative estimate of drug-likeness (QED) is 0.630. The van der Waals surface area contributed by atoms with E-state index in [0.717, 1.165) is 16.6 Å². The first-order valence-corrected chi connectivity index (χ1v) is 9.07. The lowest BCUT2D eigenvalue weighted by Gasteiger charge is -2.23. The van der Waals surface area contributed by atoms with Crippen molar-refractivity contribution in [3.63, 3.8) is 0 Å². The molecule has 0 spiro atoms. The third kappa shape index (κ3) is 5.33. The van der Waals surface area contributed by atoms with Crippen LogP contribution < -0.4 is 10.6 Å². The predicted molar refractivity (Wildman–Crippen MR) is 108 cm³/mol. The SMILES string of the molecule is CC(C)(C)OC(=O)N[C@@H](Cc1ccccc1)C(=O)Nc1ccc2[nH]cnc2c1. The highest BCUT2D eigenvalue weighted by atomic mass is 16.6. The van der Waals surface area contributed by atoms with E-state index in [1.165, 1.54) is 0 Å². The fourth-order valence-electron chi connectivity index (χ4n) is 2.75. The second-order valence-corrected chi connectivity index (χ2v) is 7.51. The first-order chi connectivity index (χ1) is 13.3. The topological polar surface area (TPSA) is 96.1 Å². The van der Waals surface area contributed by atoms with Gasteiger partial charge in [0.05, 0.1) is 17.4 Å². The van der Waals surface area contributed by atoms with Crippen molar-refractivity contribution in [1.82, 2.24) is 15.3 Å². The fourth-order valence-corrected chi connectivity index (χ4v) is 2.75. The molecular formula is C21H24N4O3. The summed E-state index contributed by atoms with van der Waals surface area (Å²) in [7, 11) is 0. The van der Waals surface area contributed by atoms with Crippen LogP contribution >= 0.6 is 0 Å². The van der Waals surface area contributed by atoms with Crippen LogP contribution in [-0.4, -0.2) is 33.6 Å². The van der Waals surface area contributed by atoms with Gasteiger partial charge < -0.3 is 20.4 Å². The van der Waals surface area contributed by atoms with E-state index in [9.17, 15) is 9.59 Å². The molecule has 0 unspecified atom stereocenters. The molecule has 7 nitrogen and oxygen atoms in total. The average Bonchev–Trinajstić information content (AvgIpc) is 3.08. The number of carbonyl (C=O) groups excluding carboxylic acids is 2. The zero-order valence-electron chi connectivity index (χ0n) is 16.2. The standard InChI is InChI=1S/C21H24N4O3/c1-21(2,3)28-20(27)25-18(11-14-7-5-4-6-8-14)19(26)24-15-9-10-16-17(12-15)23-13-22-16/h4-10,12-13,18H,11H2,1-3H3,(H,22,23)(H,24,26)(H,25,27)/t18-/m0/s1. The molecule has 3 N–H and O–H groups in total. The number of nitrogens with one attached hydrogen (secondary N) is 3. The zero-order valence-corrected chi connectivity index (χ0v) is 16.2. The minimum Gasteiger partial charge on any atom is -0.444 e. The Balaban J connectivity index is 1.75. The van der Waals surface area contributed by atoms with Crippen molar-refractivity contribution in [3.05, 3.63) is 60.4 Å². The van der Waals surface area contributed by atoms with E-state index in [0.29, 0.717) is 12.1 Å². The third-order valence-electron chi connectivity index (χ3n) is 3.98. The molecule has 0 fully saturated rings. The average molecular weight is 380 g/mol. The highest BCUT2D eigenvalue weighted by Crippen LogP contribution is 2.16. The number of fused-ring (bicyclic) bond motifs is 1. The van der Waals surface area contributed by atoms with E-state index in [1.807, 2.05) is 36.4 Å². The molecule has 2 aromatic carbocycles. The van der Waals surface area contributed by atoms with E-state index in [-0.39, 0.29) is 5.91 Å².